The standard InChI is InChI=1S/C12H11BrClNO/c13-10-6-4-5-9(11(10)14)12(16)15-7-2-1-3-8-15/h1-2,4-6H,3,7-8H2. The molecule has 0 radical (unpaired) electrons. The van der Waals surface area contributed by atoms with E-state index in [9.17, 15) is 4.79 Å². The summed E-state index contributed by atoms with van der Waals surface area (Å²) in [4.78, 5) is 14.0. The zero-order chi connectivity index (χ0) is 11.5. The fraction of sp³-hybridized carbons (Fsp3) is 0.250. The van der Waals surface area contributed by atoms with Crippen molar-refractivity contribution in [2.24, 2.45) is 0 Å². The molecule has 0 unspecified atom stereocenters. The van der Waals surface area contributed by atoms with E-state index < -0.39 is 0 Å². The Bertz CT molecular complexity index is 445. The van der Waals surface area contributed by atoms with Gasteiger partial charge in [0.15, 0.2) is 0 Å². The molecule has 2 nitrogen and oxygen atoms in total. The molecule has 1 heterocycles. The van der Waals surface area contributed by atoms with Crippen LogP contribution in [0.15, 0.2) is 34.8 Å². The van der Waals surface area contributed by atoms with Crippen LogP contribution in [0.3, 0.4) is 0 Å². The minimum Gasteiger partial charge on any atom is -0.335 e. The molecule has 0 saturated carbocycles. The van der Waals surface area contributed by atoms with E-state index in [-0.39, 0.29) is 5.91 Å². The van der Waals surface area contributed by atoms with E-state index >= 15 is 0 Å². The van der Waals surface area contributed by atoms with E-state index in [0.717, 1.165) is 17.4 Å². The minimum atomic E-state index is -0.00403. The lowest BCUT2D eigenvalue weighted by molar-refractivity contribution is 0.0771. The molecule has 1 amide bonds. The predicted molar refractivity (Wildman–Crippen MR) is 68.8 cm³/mol. The summed E-state index contributed by atoms with van der Waals surface area (Å²) in [6, 6.07) is 5.41. The molecule has 0 atom stereocenters. The second kappa shape index (κ2) is 5.02. The molecular formula is C12H11BrClNO. The van der Waals surface area contributed by atoms with Crippen LogP contribution in [0.2, 0.25) is 5.02 Å². The van der Waals surface area contributed by atoms with Gasteiger partial charge in [0.1, 0.15) is 0 Å². The Morgan fingerprint density at radius 1 is 1.38 bits per heavy atom. The SMILES string of the molecule is O=C(c1cccc(Br)c1Cl)N1CC=CCC1. The van der Waals surface area contributed by atoms with Gasteiger partial charge in [0.05, 0.1) is 10.6 Å². The quantitative estimate of drug-likeness (QED) is 0.727. The van der Waals surface area contributed by atoms with Crippen molar-refractivity contribution < 1.29 is 4.79 Å². The summed E-state index contributed by atoms with van der Waals surface area (Å²) >= 11 is 9.42. The first kappa shape index (κ1) is 11.7. The van der Waals surface area contributed by atoms with Crippen LogP contribution in [0.4, 0.5) is 0 Å². The van der Waals surface area contributed by atoms with Gasteiger partial charge in [-0.3, -0.25) is 4.79 Å². The molecule has 84 valence electrons. The zero-order valence-electron chi connectivity index (χ0n) is 8.62. The van der Waals surface area contributed by atoms with Gasteiger partial charge < -0.3 is 4.90 Å². The van der Waals surface area contributed by atoms with E-state index in [4.69, 9.17) is 11.6 Å². The lowest BCUT2D eigenvalue weighted by Crippen LogP contribution is -2.33. The van der Waals surface area contributed by atoms with Gasteiger partial charge in [0.25, 0.3) is 5.91 Å². The maximum Gasteiger partial charge on any atom is 0.255 e. The van der Waals surface area contributed by atoms with Crippen molar-refractivity contribution in [2.45, 2.75) is 6.42 Å². The number of nitrogens with zero attached hydrogens (tertiary/aromatic N) is 1. The molecule has 1 aliphatic heterocycles. The molecule has 0 saturated heterocycles. The van der Waals surface area contributed by atoms with Crippen molar-refractivity contribution in [3.63, 3.8) is 0 Å². The molecule has 0 aromatic heterocycles. The highest BCUT2D eigenvalue weighted by atomic mass is 79.9. The highest BCUT2D eigenvalue weighted by Gasteiger charge is 2.19. The summed E-state index contributed by atoms with van der Waals surface area (Å²) in [6.07, 6.45) is 5.01. The normalized spacial score (nSPS) is 15.2. The van der Waals surface area contributed by atoms with Gasteiger partial charge in [-0.1, -0.05) is 29.8 Å². The first-order chi connectivity index (χ1) is 7.70. The Balaban J connectivity index is 2.26. The van der Waals surface area contributed by atoms with Gasteiger partial charge >= 0.3 is 0 Å². The Morgan fingerprint density at radius 2 is 2.19 bits per heavy atom. The summed E-state index contributed by atoms with van der Waals surface area (Å²) in [7, 11) is 0. The van der Waals surface area contributed by atoms with Crippen molar-refractivity contribution in [3.05, 3.63) is 45.4 Å². The zero-order valence-corrected chi connectivity index (χ0v) is 11.0. The number of benzene rings is 1. The number of carbonyl (C=O) groups is 1. The Labute approximate surface area is 108 Å². The molecule has 1 aromatic carbocycles. The Morgan fingerprint density at radius 3 is 2.88 bits per heavy atom. The molecule has 0 spiro atoms. The fourth-order valence-electron chi connectivity index (χ4n) is 1.67. The Kier molecular flexibility index (Phi) is 3.66. The maximum atomic E-state index is 12.2. The van der Waals surface area contributed by atoms with Gasteiger partial charge in [0, 0.05) is 17.6 Å². The summed E-state index contributed by atoms with van der Waals surface area (Å²) in [6.45, 7) is 1.43. The number of amides is 1. The monoisotopic (exact) mass is 299 g/mol. The first-order valence-corrected chi connectivity index (χ1v) is 6.25. The molecular weight excluding hydrogens is 289 g/mol. The molecule has 0 fully saturated rings. The largest absolute Gasteiger partial charge is 0.335 e. The number of hydrogen-bond acceptors (Lipinski definition) is 1. The third-order valence-electron chi connectivity index (χ3n) is 2.53. The van der Waals surface area contributed by atoms with Crippen molar-refractivity contribution in [2.75, 3.05) is 13.1 Å². The summed E-state index contributed by atoms with van der Waals surface area (Å²) in [5.41, 5.74) is 0.561. The summed E-state index contributed by atoms with van der Waals surface area (Å²) < 4.78 is 0.757. The molecule has 1 aliphatic rings. The lowest BCUT2D eigenvalue weighted by Gasteiger charge is -2.23. The van der Waals surface area contributed by atoms with Gasteiger partial charge in [-0.15, -0.1) is 0 Å². The van der Waals surface area contributed by atoms with Crippen molar-refractivity contribution in [3.8, 4) is 0 Å². The first-order valence-electron chi connectivity index (χ1n) is 5.08. The van der Waals surface area contributed by atoms with E-state index in [1.54, 1.807) is 11.0 Å². The molecule has 0 aliphatic carbocycles. The average Bonchev–Trinajstić information content (AvgIpc) is 2.33. The van der Waals surface area contributed by atoms with Crippen LogP contribution in [0, 0.1) is 0 Å². The van der Waals surface area contributed by atoms with E-state index in [1.807, 2.05) is 18.2 Å². The van der Waals surface area contributed by atoms with Gasteiger partial charge in [-0.05, 0) is 34.5 Å². The topological polar surface area (TPSA) is 20.3 Å². The van der Waals surface area contributed by atoms with Crippen LogP contribution in [0.1, 0.15) is 16.8 Å². The fourth-order valence-corrected chi connectivity index (χ4v) is 2.24. The van der Waals surface area contributed by atoms with Crippen molar-refractivity contribution in [1.29, 1.82) is 0 Å². The van der Waals surface area contributed by atoms with Gasteiger partial charge in [-0.25, -0.2) is 0 Å². The minimum absolute atomic E-state index is 0.00403. The lowest BCUT2D eigenvalue weighted by atomic mass is 10.1. The molecule has 16 heavy (non-hydrogen) atoms. The number of hydrogen-bond donors (Lipinski definition) is 0. The third kappa shape index (κ3) is 2.30. The van der Waals surface area contributed by atoms with Crippen LogP contribution >= 0.6 is 27.5 Å². The smallest absolute Gasteiger partial charge is 0.255 e. The van der Waals surface area contributed by atoms with Crippen LogP contribution in [0.25, 0.3) is 0 Å². The molecule has 0 bridgehead atoms. The van der Waals surface area contributed by atoms with Gasteiger partial charge in [0.2, 0.25) is 0 Å². The predicted octanol–water partition coefficient (Wildman–Crippen LogP) is 3.50. The maximum absolute atomic E-state index is 12.2. The van der Waals surface area contributed by atoms with E-state index in [0.29, 0.717) is 17.1 Å². The molecule has 4 heteroatoms. The molecule has 2 rings (SSSR count). The Hall–Kier alpha value is -0.800. The van der Waals surface area contributed by atoms with Crippen LogP contribution in [-0.4, -0.2) is 23.9 Å². The second-order valence-corrected chi connectivity index (χ2v) is 4.84. The number of carbonyl (C=O) groups excluding carboxylic acids is 1. The van der Waals surface area contributed by atoms with Crippen LogP contribution in [-0.2, 0) is 0 Å². The van der Waals surface area contributed by atoms with Crippen LogP contribution < -0.4 is 0 Å². The van der Waals surface area contributed by atoms with Crippen molar-refractivity contribution >= 4 is 33.4 Å². The van der Waals surface area contributed by atoms with Crippen molar-refractivity contribution in [1.82, 2.24) is 4.90 Å². The summed E-state index contributed by atoms with van der Waals surface area (Å²) in [5, 5.41) is 0.488. The molecule has 0 N–H and O–H groups in total. The third-order valence-corrected chi connectivity index (χ3v) is 3.82. The van der Waals surface area contributed by atoms with Crippen LogP contribution in [0.5, 0.6) is 0 Å². The van der Waals surface area contributed by atoms with Gasteiger partial charge in [-0.2, -0.15) is 0 Å². The number of rotatable bonds is 1. The van der Waals surface area contributed by atoms with E-state index in [1.165, 1.54) is 0 Å². The second-order valence-electron chi connectivity index (χ2n) is 3.61. The summed E-state index contributed by atoms with van der Waals surface area (Å²) in [5.74, 6) is -0.00403. The molecule has 1 aromatic rings. The average molecular weight is 301 g/mol. The number of halogens is 2. The highest BCUT2D eigenvalue weighted by Crippen LogP contribution is 2.27. The van der Waals surface area contributed by atoms with E-state index in [2.05, 4.69) is 22.0 Å². The highest BCUT2D eigenvalue weighted by molar-refractivity contribution is 9.10.